The normalized spacial score (nSPS) is 13.8. The van der Waals surface area contributed by atoms with Crippen LogP contribution in [-0.2, 0) is 30.2 Å². The Morgan fingerprint density at radius 2 is 2.00 bits per heavy atom. The number of likely N-dealkylation sites (tertiary alicyclic amines) is 1. The van der Waals surface area contributed by atoms with E-state index < -0.39 is 0 Å². The number of amidine groups is 1. The van der Waals surface area contributed by atoms with Crippen LogP contribution in [0, 0.1) is 5.41 Å². The molecule has 1 aliphatic rings. The first-order chi connectivity index (χ1) is 16.4. The summed E-state index contributed by atoms with van der Waals surface area (Å²) < 4.78 is 1.74. The number of nitrogens with zero attached hydrogens (tertiary/aromatic N) is 3. The summed E-state index contributed by atoms with van der Waals surface area (Å²) in [4.78, 5) is 30.9. The predicted molar refractivity (Wildman–Crippen MR) is 139 cm³/mol. The van der Waals surface area contributed by atoms with E-state index >= 15 is 0 Å². The van der Waals surface area contributed by atoms with Crippen LogP contribution in [0.1, 0.15) is 60.8 Å². The van der Waals surface area contributed by atoms with Gasteiger partial charge < -0.3 is 25.8 Å². The fraction of sp³-hybridized carbons (Fsp3) is 0.440. The molecular weight excluding hydrogens is 466 g/mol. The van der Waals surface area contributed by atoms with Crippen LogP contribution in [-0.4, -0.2) is 51.2 Å². The molecule has 3 rings (SSSR count). The molecule has 10 heteroatoms. The molecule has 188 valence electrons. The van der Waals surface area contributed by atoms with Crippen LogP contribution in [0.4, 0.5) is 5.69 Å². The number of nitrogens with two attached hydrogens (primary N) is 1. The number of aryl methyl sites for hydroxylation is 1. The Hall–Kier alpha value is -3.33. The summed E-state index contributed by atoms with van der Waals surface area (Å²) in [6.45, 7) is 12.7. The molecular formula is C25H34ClN7O2. The lowest BCUT2D eigenvalue weighted by atomic mass is 9.85. The molecule has 1 fully saturated rings. The van der Waals surface area contributed by atoms with Crippen molar-refractivity contribution in [1.29, 1.82) is 5.41 Å². The number of hydrogen-bond acceptors (Lipinski definition) is 5. The van der Waals surface area contributed by atoms with Crippen molar-refractivity contribution in [2.45, 2.75) is 52.1 Å². The molecule has 1 aromatic heterocycles. The van der Waals surface area contributed by atoms with Gasteiger partial charge in [0.2, 0.25) is 5.91 Å². The van der Waals surface area contributed by atoms with Gasteiger partial charge in [0.05, 0.1) is 18.3 Å². The second-order valence-corrected chi connectivity index (χ2v) is 10.2. The van der Waals surface area contributed by atoms with Gasteiger partial charge in [-0.05, 0) is 35.6 Å². The van der Waals surface area contributed by atoms with E-state index in [9.17, 15) is 9.59 Å². The zero-order valence-electron chi connectivity index (χ0n) is 21.0. The Bertz CT molecular complexity index is 1170. The number of imidazole rings is 1. The number of aromatic nitrogens is 2. The minimum absolute atomic E-state index is 0.106. The molecule has 9 nitrogen and oxygen atoms in total. The second kappa shape index (κ2) is 10.1. The third-order valence-electron chi connectivity index (χ3n) is 6.15. The van der Waals surface area contributed by atoms with Crippen LogP contribution < -0.4 is 16.4 Å². The van der Waals surface area contributed by atoms with Gasteiger partial charge in [0.25, 0.3) is 5.91 Å². The van der Waals surface area contributed by atoms with E-state index in [1.807, 2.05) is 13.0 Å². The molecule has 35 heavy (non-hydrogen) atoms. The Balaban J connectivity index is 1.72. The van der Waals surface area contributed by atoms with Crippen molar-refractivity contribution in [3.63, 3.8) is 0 Å². The van der Waals surface area contributed by atoms with E-state index in [-0.39, 0.29) is 35.7 Å². The Morgan fingerprint density at radius 1 is 1.34 bits per heavy atom. The maximum Gasteiger partial charge on any atom is 0.270 e. The number of nitrogens with one attached hydrogen (secondary N) is 3. The molecule has 0 bridgehead atoms. The third kappa shape index (κ3) is 5.51. The molecule has 2 heterocycles. The van der Waals surface area contributed by atoms with Gasteiger partial charge in [-0.15, -0.1) is 0 Å². The Morgan fingerprint density at radius 3 is 2.57 bits per heavy atom. The number of rotatable bonds is 7. The van der Waals surface area contributed by atoms with Crippen molar-refractivity contribution >= 4 is 34.9 Å². The molecule has 1 aromatic carbocycles. The molecule has 0 saturated carbocycles. The molecule has 0 radical (unpaired) electrons. The van der Waals surface area contributed by atoms with Crippen LogP contribution in [0.15, 0.2) is 24.8 Å². The van der Waals surface area contributed by atoms with Crippen LogP contribution in [0.2, 0.25) is 5.02 Å². The summed E-state index contributed by atoms with van der Waals surface area (Å²) in [6.07, 6.45) is 1.85. The number of amides is 2. The van der Waals surface area contributed by atoms with E-state index in [0.717, 1.165) is 5.56 Å². The summed E-state index contributed by atoms with van der Waals surface area (Å²) >= 11 is 6.39. The van der Waals surface area contributed by atoms with Gasteiger partial charge in [-0.1, -0.05) is 45.9 Å². The number of benzene rings is 1. The fourth-order valence-electron chi connectivity index (χ4n) is 4.07. The summed E-state index contributed by atoms with van der Waals surface area (Å²) in [5, 5.41) is 15.2. The standard InChI is InChI=1S/C25H34ClN7O2/c1-7-19-22(24(35)30-14-12-33(13-14)21(34)8-2)32(6)20(31-19)11-29-23(28)15-9-16(25(3,4)5)17(26)10-18(15)27/h8-10,14H,2,7,11-13,27H2,1,3-6H3,(H2,28,29)(H,30,35). The molecule has 0 spiro atoms. The monoisotopic (exact) mass is 499 g/mol. The molecule has 1 aliphatic heterocycles. The number of carbonyl (C=O) groups is 2. The minimum Gasteiger partial charge on any atom is -0.398 e. The lowest BCUT2D eigenvalue weighted by Gasteiger charge is -2.38. The van der Waals surface area contributed by atoms with Gasteiger partial charge in [0.1, 0.15) is 17.4 Å². The average Bonchev–Trinajstić information content (AvgIpc) is 3.08. The molecule has 1 saturated heterocycles. The molecule has 5 N–H and O–H groups in total. The van der Waals surface area contributed by atoms with Crippen molar-refractivity contribution in [1.82, 2.24) is 25.1 Å². The topological polar surface area (TPSA) is 129 Å². The highest BCUT2D eigenvalue weighted by Crippen LogP contribution is 2.33. The van der Waals surface area contributed by atoms with Gasteiger partial charge in [0.15, 0.2) is 0 Å². The van der Waals surface area contributed by atoms with Crippen LogP contribution in [0.25, 0.3) is 0 Å². The molecule has 0 atom stereocenters. The highest BCUT2D eigenvalue weighted by atomic mass is 35.5. The smallest absolute Gasteiger partial charge is 0.270 e. The van der Waals surface area contributed by atoms with Crippen molar-refractivity contribution < 1.29 is 9.59 Å². The molecule has 2 amide bonds. The first kappa shape index (κ1) is 26.3. The van der Waals surface area contributed by atoms with E-state index in [1.54, 1.807) is 22.6 Å². The van der Waals surface area contributed by atoms with Gasteiger partial charge >= 0.3 is 0 Å². The largest absolute Gasteiger partial charge is 0.398 e. The number of hydrogen-bond donors (Lipinski definition) is 4. The van der Waals surface area contributed by atoms with Gasteiger partial charge in [0, 0.05) is 36.4 Å². The SMILES string of the molecule is C=CC(=O)N1CC(NC(=O)c2c(CC)nc(CNC(=N)c3cc(C(C)(C)C)c(Cl)cc3N)n2C)C1. The predicted octanol–water partition coefficient (Wildman–Crippen LogP) is 2.76. The van der Waals surface area contributed by atoms with E-state index in [4.69, 9.17) is 22.7 Å². The van der Waals surface area contributed by atoms with Gasteiger partial charge in [-0.25, -0.2) is 4.98 Å². The van der Waals surface area contributed by atoms with E-state index in [1.165, 1.54) is 6.08 Å². The zero-order valence-corrected chi connectivity index (χ0v) is 21.7. The number of halogens is 1. The van der Waals surface area contributed by atoms with Crippen molar-refractivity contribution in [3.05, 3.63) is 58.1 Å². The highest BCUT2D eigenvalue weighted by molar-refractivity contribution is 6.32. The second-order valence-electron chi connectivity index (χ2n) is 9.75. The number of carbonyl (C=O) groups excluding carboxylic acids is 2. The van der Waals surface area contributed by atoms with Crippen molar-refractivity contribution in [3.8, 4) is 0 Å². The highest BCUT2D eigenvalue weighted by Gasteiger charge is 2.32. The summed E-state index contributed by atoms with van der Waals surface area (Å²) in [5.74, 6) is 0.401. The van der Waals surface area contributed by atoms with Gasteiger partial charge in [-0.3, -0.25) is 15.0 Å². The maximum absolute atomic E-state index is 13.0. The fourth-order valence-corrected chi connectivity index (χ4v) is 4.53. The van der Waals surface area contributed by atoms with E-state index in [2.05, 4.69) is 43.0 Å². The zero-order chi connectivity index (χ0) is 26.1. The van der Waals surface area contributed by atoms with Crippen LogP contribution >= 0.6 is 11.6 Å². The molecule has 0 unspecified atom stereocenters. The summed E-state index contributed by atoms with van der Waals surface area (Å²) in [6, 6.07) is 3.42. The first-order valence-electron chi connectivity index (χ1n) is 11.6. The van der Waals surface area contributed by atoms with E-state index in [0.29, 0.717) is 53.0 Å². The van der Waals surface area contributed by atoms with Gasteiger partial charge in [-0.2, -0.15) is 0 Å². The third-order valence-corrected chi connectivity index (χ3v) is 6.47. The first-order valence-corrected chi connectivity index (χ1v) is 11.9. The summed E-state index contributed by atoms with van der Waals surface area (Å²) in [7, 11) is 1.78. The lowest BCUT2D eigenvalue weighted by Crippen LogP contribution is -2.60. The molecule has 0 aliphatic carbocycles. The maximum atomic E-state index is 13.0. The Kier molecular flexibility index (Phi) is 7.59. The minimum atomic E-state index is -0.231. The number of anilines is 1. The Labute approximate surface area is 211 Å². The van der Waals surface area contributed by atoms with Crippen molar-refractivity contribution in [2.24, 2.45) is 7.05 Å². The van der Waals surface area contributed by atoms with Crippen LogP contribution in [0.5, 0.6) is 0 Å². The average molecular weight is 500 g/mol. The summed E-state index contributed by atoms with van der Waals surface area (Å²) in [5.41, 5.74) is 8.99. The van der Waals surface area contributed by atoms with Crippen LogP contribution in [0.3, 0.4) is 0 Å². The van der Waals surface area contributed by atoms with Crippen molar-refractivity contribution in [2.75, 3.05) is 18.8 Å². The lowest BCUT2D eigenvalue weighted by molar-refractivity contribution is -0.130. The number of nitrogen functional groups attached to an aromatic ring is 1. The quantitative estimate of drug-likeness (QED) is 0.201. The molecule has 2 aromatic rings.